The third-order valence-corrected chi connectivity index (χ3v) is 9.06. The molecule has 174 valence electrons. The fraction of sp³-hybridized carbons (Fsp3) is 0.120. The number of sulfonamides is 1. The molecule has 0 N–H and O–H groups in total. The topological polar surface area (TPSA) is 97.7 Å². The second-order valence-corrected chi connectivity index (χ2v) is 11.9. The average molecular weight is 514 g/mol. The Morgan fingerprint density at radius 1 is 0.794 bits per heavy atom. The summed E-state index contributed by atoms with van der Waals surface area (Å²) in [6.07, 6.45) is 1.03. The summed E-state index contributed by atoms with van der Waals surface area (Å²) in [5, 5.41) is 0.338. The Hall–Kier alpha value is -3.07. The summed E-state index contributed by atoms with van der Waals surface area (Å²) in [7, 11) is -8.49. The average Bonchev–Trinajstić information content (AvgIpc) is 2.75. The van der Waals surface area contributed by atoms with Gasteiger partial charge in [-0.25, -0.2) is 8.42 Å². The molecule has 0 radical (unpaired) electrons. The monoisotopic (exact) mass is 513 g/mol. The molecule has 0 spiro atoms. The zero-order chi connectivity index (χ0) is 24.8. The highest BCUT2D eigenvalue weighted by molar-refractivity contribution is 7.96. The molecule has 0 saturated heterocycles. The molecule has 0 aliphatic heterocycles. The lowest BCUT2D eigenvalue weighted by atomic mass is 9.94. The molecule has 0 atom stereocenters. The molecule has 34 heavy (non-hydrogen) atoms. The van der Waals surface area contributed by atoms with Crippen LogP contribution >= 0.6 is 11.6 Å². The Labute approximate surface area is 203 Å². The molecule has 0 heterocycles. The largest absolute Gasteiger partial charge is 0.288 e. The van der Waals surface area contributed by atoms with Crippen LogP contribution in [-0.4, -0.2) is 28.3 Å². The summed E-state index contributed by atoms with van der Waals surface area (Å²) in [4.78, 5) is 12.5. The fourth-order valence-corrected chi connectivity index (χ4v) is 7.00. The maximum Gasteiger partial charge on any atom is 0.283 e. The molecule has 0 unspecified atom stereocenters. The van der Waals surface area contributed by atoms with Crippen molar-refractivity contribution >= 4 is 43.0 Å². The molecular weight excluding hydrogens is 494 g/mol. The van der Waals surface area contributed by atoms with Gasteiger partial charge in [-0.2, -0.15) is 12.8 Å². The number of carbonyl (C=O) groups is 1. The van der Waals surface area contributed by atoms with Crippen LogP contribution in [0.4, 0.5) is 0 Å². The molecule has 0 fully saturated rings. The highest BCUT2D eigenvalue weighted by Gasteiger charge is 2.34. The van der Waals surface area contributed by atoms with Crippen molar-refractivity contribution in [3.8, 4) is 0 Å². The van der Waals surface area contributed by atoms with Crippen LogP contribution in [-0.2, 0) is 19.9 Å². The van der Waals surface area contributed by atoms with E-state index in [2.05, 4.69) is 4.40 Å². The number of nitrogens with zero attached hydrogens (tertiary/aromatic N) is 1. The van der Waals surface area contributed by atoms with Crippen molar-refractivity contribution < 1.29 is 21.6 Å². The number of sulfone groups is 1. The Morgan fingerprint density at radius 2 is 1.35 bits per heavy atom. The van der Waals surface area contributed by atoms with Crippen LogP contribution in [0.2, 0.25) is 5.02 Å². The van der Waals surface area contributed by atoms with Gasteiger partial charge in [0.15, 0.2) is 0 Å². The molecule has 9 heteroatoms. The van der Waals surface area contributed by atoms with Gasteiger partial charge in [0.1, 0.15) is 4.91 Å². The number of rotatable bonds is 4. The number of hydrogen-bond donors (Lipinski definition) is 0. The maximum atomic E-state index is 13.3. The van der Waals surface area contributed by atoms with E-state index in [9.17, 15) is 21.6 Å². The highest BCUT2D eigenvalue weighted by atomic mass is 35.5. The molecule has 1 aliphatic rings. The van der Waals surface area contributed by atoms with E-state index in [1.165, 1.54) is 30.3 Å². The third-order valence-electron chi connectivity index (χ3n) is 5.43. The minimum absolute atomic E-state index is 0.0514. The van der Waals surface area contributed by atoms with E-state index in [0.717, 1.165) is 11.6 Å². The molecule has 0 saturated carbocycles. The first-order valence-electron chi connectivity index (χ1n) is 10.2. The highest BCUT2D eigenvalue weighted by Crippen LogP contribution is 2.31. The number of ketones is 1. The van der Waals surface area contributed by atoms with Crippen molar-refractivity contribution in [1.82, 2.24) is 0 Å². The lowest BCUT2D eigenvalue weighted by Gasteiger charge is -2.18. The first-order chi connectivity index (χ1) is 15.9. The van der Waals surface area contributed by atoms with Gasteiger partial charge in [0.05, 0.1) is 15.5 Å². The Kier molecular flexibility index (Phi) is 6.10. The quantitative estimate of drug-likeness (QED) is 0.489. The summed E-state index contributed by atoms with van der Waals surface area (Å²) in [5.41, 5.74) is 2.14. The van der Waals surface area contributed by atoms with Gasteiger partial charge in [-0.05, 0) is 62.2 Å². The van der Waals surface area contributed by atoms with Gasteiger partial charge in [0, 0.05) is 16.1 Å². The number of Topliss-reactive ketones (excluding diaryl/α,β-unsaturated/α-hetero) is 1. The first kappa shape index (κ1) is 24.1. The van der Waals surface area contributed by atoms with E-state index in [4.69, 9.17) is 11.6 Å². The Balaban J connectivity index is 1.96. The number of benzene rings is 3. The van der Waals surface area contributed by atoms with Crippen molar-refractivity contribution in [2.75, 3.05) is 0 Å². The summed E-state index contributed by atoms with van der Waals surface area (Å²) in [6.45, 7) is 5.22. The van der Waals surface area contributed by atoms with E-state index >= 15 is 0 Å². The molecule has 0 aromatic heterocycles. The zero-order valence-electron chi connectivity index (χ0n) is 18.5. The Bertz CT molecular complexity index is 1590. The minimum Gasteiger partial charge on any atom is -0.288 e. The van der Waals surface area contributed by atoms with E-state index in [1.54, 1.807) is 44.2 Å². The molecule has 6 nitrogen and oxygen atoms in total. The molecular formula is C25H20ClNO5S2. The number of fused-ring (bicyclic) bond motifs is 1. The van der Waals surface area contributed by atoms with Crippen LogP contribution in [0.1, 0.15) is 32.6 Å². The molecule has 0 amide bonds. The number of carbonyl (C=O) groups excluding carboxylic acids is 1. The predicted molar refractivity (Wildman–Crippen MR) is 132 cm³/mol. The molecule has 1 aliphatic carbocycles. The number of aryl methyl sites for hydroxylation is 3. The van der Waals surface area contributed by atoms with Crippen molar-refractivity contribution in [1.29, 1.82) is 0 Å². The lowest BCUT2D eigenvalue weighted by molar-refractivity contribution is 0.104. The zero-order valence-corrected chi connectivity index (χ0v) is 20.9. The summed E-state index contributed by atoms with van der Waals surface area (Å²) < 4.78 is 57.3. The predicted octanol–water partition coefficient (Wildman–Crippen LogP) is 5.00. The SMILES string of the molecule is Cc1cc(C)c(S(=O)(=O)N=C2C=C(S(=O)(=O)c3ccc(Cl)cc3)C(=O)c3ccccc32)c(C)c1. The number of allylic oxidation sites excluding steroid dienone is 2. The summed E-state index contributed by atoms with van der Waals surface area (Å²) >= 11 is 5.87. The van der Waals surface area contributed by atoms with E-state index in [1.807, 2.05) is 6.92 Å². The van der Waals surface area contributed by atoms with Gasteiger partial charge in [-0.15, -0.1) is 0 Å². The van der Waals surface area contributed by atoms with E-state index in [-0.39, 0.29) is 26.6 Å². The minimum atomic E-state index is -4.27. The van der Waals surface area contributed by atoms with Crippen molar-refractivity contribution in [2.45, 2.75) is 30.6 Å². The van der Waals surface area contributed by atoms with Crippen LogP contribution in [0, 0.1) is 20.8 Å². The second-order valence-electron chi connectivity index (χ2n) is 8.02. The lowest BCUT2D eigenvalue weighted by Crippen LogP contribution is -2.23. The van der Waals surface area contributed by atoms with Gasteiger partial charge in [0.2, 0.25) is 15.6 Å². The standard InChI is InChI=1S/C25H20ClNO5S2/c1-15-12-16(2)25(17(3)13-15)34(31,32)27-22-14-23(24(28)21-7-5-4-6-20(21)22)33(29,30)19-10-8-18(26)9-11-19/h4-14H,1-3H3. The fourth-order valence-electron chi connectivity index (χ4n) is 4.07. The van der Waals surface area contributed by atoms with Gasteiger partial charge in [-0.1, -0.05) is 53.6 Å². The van der Waals surface area contributed by atoms with Gasteiger partial charge >= 0.3 is 0 Å². The van der Waals surface area contributed by atoms with Crippen LogP contribution in [0.3, 0.4) is 0 Å². The third kappa shape index (κ3) is 4.24. The molecule has 4 rings (SSSR count). The van der Waals surface area contributed by atoms with Crippen LogP contribution in [0.25, 0.3) is 0 Å². The van der Waals surface area contributed by atoms with Crippen molar-refractivity contribution in [2.24, 2.45) is 4.40 Å². The molecule has 3 aromatic carbocycles. The van der Waals surface area contributed by atoms with Crippen molar-refractivity contribution in [3.63, 3.8) is 0 Å². The molecule has 3 aromatic rings. The van der Waals surface area contributed by atoms with Crippen molar-refractivity contribution in [3.05, 3.63) is 104 Å². The maximum absolute atomic E-state index is 13.3. The summed E-state index contributed by atoms with van der Waals surface area (Å²) in [6, 6.07) is 15.1. The normalized spacial score (nSPS) is 15.2. The number of hydrogen-bond acceptors (Lipinski definition) is 5. The van der Waals surface area contributed by atoms with E-state index < -0.39 is 30.5 Å². The second kappa shape index (κ2) is 8.61. The van der Waals surface area contributed by atoms with Crippen LogP contribution < -0.4 is 0 Å². The number of halogens is 1. The van der Waals surface area contributed by atoms with E-state index in [0.29, 0.717) is 16.1 Å². The Morgan fingerprint density at radius 3 is 1.94 bits per heavy atom. The van der Waals surface area contributed by atoms with Crippen LogP contribution in [0.5, 0.6) is 0 Å². The summed E-state index contributed by atoms with van der Waals surface area (Å²) in [5.74, 6) is -0.732. The van der Waals surface area contributed by atoms with Gasteiger partial charge in [0.25, 0.3) is 10.0 Å². The van der Waals surface area contributed by atoms with Gasteiger partial charge < -0.3 is 0 Å². The van der Waals surface area contributed by atoms with Gasteiger partial charge in [-0.3, -0.25) is 4.79 Å². The smallest absolute Gasteiger partial charge is 0.283 e. The van der Waals surface area contributed by atoms with Crippen LogP contribution in [0.15, 0.2) is 85.8 Å². The molecule has 0 bridgehead atoms. The first-order valence-corrected chi connectivity index (χ1v) is 13.5.